The fourth-order valence-corrected chi connectivity index (χ4v) is 2.00. The van der Waals surface area contributed by atoms with Crippen LogP contribution in [0, 0.1) is 0 Å². The van der Waals surface area contributed by atoms with Gasteiger partial charge in [0, 0.05) is 17.4 Å². The van der Waals surface area contributed by atoms with Crippen molar-refractivity contribution < 1.29 is 19.4 Å². The van der Waals surface area contributed by atoms with Gasteiger partial charge in [0.25, 0.3) is 0 Å². The van der Waals surface area contributed by atoms with E-state index in [-0.39, 0.29) is 11.4 Å². The number of ether oxygens (including phenoxy) is 1. The van der Waals surface area contributed by atoms with Crippen LogP contribution in [0.4, 0.5) is 16.3 Å². The third-order valence-electron chi connectivity index (χ3n) is 2.99. The van der Waals surface area contributed by atoms with Crippen LogP contribution in [0.25, 0.3) is 11.1 Å². The summed E-state index contributed by atoms with van der Waals surface area (Å²) in [5, 5.41) is 11.8. The Morgan fingerprint density at radius 1 is 1.21 bits per heavy atom. The van der Waals surface area contributed by atoms with Crippen LogP contribution in [0.2, 0.25) is 0 Å². The standard InChI is InChI=1S/C17H19N3O4/c1-17(2,3)24-16(23)20-12-6-4-5-10(7-12)11-8-13(15(21)22)14(18)19-9-11/h4-9H,1-3H3,(H2,18,19)(H,20,23)(H,21,22). The zero-order valence-corrected chi connectivity index (χ0v) is 13.7. The number of aromatic nitrogens is 1. The van der Waals surface area contributed by atoms with Gasteiger partial charge >= 0.3 is 12.1 Å². The van der Waals surface area contributed by atoms with Crippen molar-refractivity contribution in [3.05, 3.63) is 42.1 Å². The Bertz CT molecular complexity index is 782. The number of hydrogen-bond donors (Lipinski definition) is 3. The van der Waals surface area contributed by atoms with E-state index >= 15 is 0 Å². The number of benzene rings is 1. The van der Waals surface area contributed by atoms with Crippen molar-refractivity contribution in [3.63, 3.8) is 0 Å². The summed E-state index contributed by atoms with van der Waals surface area (Å²) < 4.78 is 5.20. The number of rotatable bonds is 3. The molecule has 0 atom stereocenters. The highest BCUT2D eigenvalue weighted by molar-refractivity contribution is 5.94. The minimum absolute atomic E-state index is 0.0470. The number of nitrogens with zero attached hydrogens (tertiary/aromatic N) is 1. The molecule has 4 N–H and O–H groups in total. The molecule has 2 rings (SSSR count). The third kappa shape index (κ3) is 4.45. The molecule has 0 aliphatic carbocycles. The molecule has 0 aliphatic heterocycles. The number of carbonyl (C=O) groups excluding carboxylic acids is 1. The van der Waals surface area contributed by atoms with Gasteiger partial charge in [0.05, 0.1) is 0 Å². The molecular weight excluding hydrogens is 310 g/mol. The monoisotopic (exact) mass is 329 g/mol. The minimum Gasteiger partial charge on any atom is -0.478 e. The summed E-state index contributed by atoms with van der Waals surface area (Å²) in [6.07, 6.45) is 0.912. The van der Waals surface area contributed by atoms with E-state index < -0.39 is 17.7 Å². The highest BCUT2D eigenvalue weighted by Gasteiger charge is 2.16. The number of nitrogen functional groups attached to an aromatic ring is 1. The van der Waals surface area contributed by atoms with Gasteiger partial charge in [0.1, 0.15) is 17.0 Å². The van der Waals surface area contributed by atoms with Crippen molar-refractivity contribution in [2.75, 3.05) is 11.1 Å². The molecule has 0 unspecified atom stereocenters. The van der Waals surface area contributed by atoms with Crippen LogP contribution in [0.15, 0.2) is 36.5 Å². The van der Waals surface area contributed by atoms with E-state index in [1.807, 2.05) is 0 Å². The lowest BCUT2D eigenvalue weighted by molar-refractivity contribution is 0.0634. The molecule has 1 amide bonds. The molecule has 0 spiro atoms. The van der Waals surface area contributed by atoms with Gasteiger partial charge in [-0.1, -0.05) is 12.1 Å². The Morgan fingerprint density at radius 3 is 2.54 bits per heavy atom. The van der Waals surface area contributed by atoms with E-state index in [4.69, 9.17) is 15.6 Å². The maximum atomic E-state index is 11.8. The number of amides is 1. The molecule has 0 fully saturated rings. The summed E-state index contributed by atoms with van der Waals surface area (Å²) >= 11 is 0. The molecule has 7 nitrogen and oxygen atoms in total. The van der Waals surface area contributed by atoms with Crippen molar-refractivity contribution in [2.24, 2.45) is 0 Å². The number of anilines is 2. The maximum Gasteiger partial charge on any atom is 0.412 e. The summed E-state index contributed by atoms with van der Waals surface area (Å²) in [4.78, 5) is 26.9. The zero-order chi connectivity index (χ0) is 17.9. The van der Waals surface area contributed by atoms with E-state index in [1.165, 1.54) is 12.3 Å². The molecule has 0 saturated carbocycles. The second-order valence-corrected chi connectivity index (χ2v) is 6.17. The number of nitrogens with two attached hydrogens (primary N) is 1. The molecule has 1 aromatic carbocycles. The van der Waals surface area contributed by atoms with Crippen molar-refractivity contribution >= 4 is 23.6 Å². The fraction of sp³-hybridized carbons (Fsp3) is 0.235. The second-order valence-electron chi connectivity index (χ2n) is 6.17. The molecule has 0 bridgehead atoms. The first-order valence-electron chi connectivity index (χ1n) is 7.25. The summed E-state index contributed by atoms with van der Waals surface area (Å²) in [5.74, 6) is -1.20. The predicted octanol–water partition coefficient (Wildman–Crippen LogP) is 3.38. The highest BCUT2D eigenvalue weighted by Crippen LogP contribution is 2.25. The maximum absolute atomic E-state index is 11.8. The Morgan fingerprint density at radius 2 is 1.92 bits per heavy atom. The van der Waals surface area contributed by atoms with Crippen molar-refractivity contribution in [2.45, 2.75) is 26.4 Å². The normalized spacial score (nSPS) is 11.0. The Kier molecular flexibility index (Phi) is 4.73. The lowest BCUT2D eigenvalue weighted by Crippen LogP contribution is -2.27. The van der Waals surface area contributed by atoms with Gasteiger partial charge in [-0.25, -0.2) is 14.6 Å². The lowest BCUT2D eigenvalue weighted by atomic mass is 10.0. The number of carboxylic acid groups (broad SMARTS) is 1. The van der Waals surface area contributed by atoms with Gasteiger partial charge < -0.3 is 15.6 Å². The molecule has 2 aromatic rings. The number of aromatic carboxylic acids is 1. The summed E-state index contributed by atoms with van der Waals surface area (Å²) in [5.41, 5.74) is 6.68. The van der Waals surface area contributed by atoms with Crippen molar-refractivity contribution in [1.82, 2.24) is 4.98 Å². The first-order chi connectivity index (χ1) is 11.2. The van der Waals surface area contributed by atoms with Crippen LogP contribution in [0.5, 0.6) is 0 Å². The lowest BCUT2D eigenvalue weighted by Gasteiger charge is -2.19. The van der Waals surface area contributed by atoms with E-state index in [0.29, 0.717) is 16.8 Å². The molecule has 1 aromatic heterocycles. The average molecular weight is 329 g/mol. The second kappa shape index (κ2) is 6.57. The smallest absolute Gasteiger partial charge is 0.412 e. The average Bonchev–Trinajstić information content (AvgIpc) is 2.45. The number of carbonyl (C=O) groups is 2. The zero-order valence-electron chi connectivity index (χ0n) is 13.7. The number of hydrogen-bond acceptors (Lipinski definition) is 5. The molecule has 1 heterocycles. The summed E-state index contributed by atoms with van der Waals surface area (Å²) in [6, 6.07) is 8.36. The quantitative estimate of drug-likeness (QED) is 0.795. The summed E-state index contributed by atoms with van der Waals surface area (Å²) in [7, 11) is 0. The van der Waals surface area contributed by atoms with E-state index in [9.17, 15) is 9.59 Å². The largest absolute Gasteiger partial charge is 0.478 e. The van der Waals surface area contributed by atoms with Gasteiger partial charge in [-0.3, -0.25) is 5.32 Å². The highest BCUT2D eigenvalue weighted by atomic mass is 16.6. The molecule has 0 aliphatic rings. The molecule has 0 radical (unpaired) electrons. The Balaban J connectivity index is 2.26. The van der Waals surface area contributed by atoms with Crippen molar-refractivity contribution in [1.29, 1.82) is 0 Å². The van der Waals surface area contributed by atoms with Gasteiger partial charge in [-0.2, -0.15) is 0 Å². The van der Waals surface area contributed by atoms with Crippen LogP contribution < -0.4 is 11.1 Å². The molecule has 0 saturated heterocycles. The molecule has 24 heavy (non-hydrogen) atoms. The molecule has 126 valence electrons. The fourth-order valence-electron chi connectivity index (χ4n) is 2.00. The van der Waals surface area contributed by atoms with E-state index in [2.05, 4.69) is 10.3 Å². The van der Waals surface area contributed by atoms with Gasteiger partial charge in [-0.15, -0.1) is 0 Å². The van der Waals surface area contributed by atoms with E-state index in [1.54, 1.807) is 45.0 Å². The van der Waals surface area contributed by atoms with Gasteiger partial charge in [0.2, 0.25) is 0 Å². The van der Waals surface area contributed by atoms with Crippen molar-refractivity contribution in [3.8, 4) is 11.1 Å². The number of carboxylic acids is 1. The van der Waals surface area contributed by atoms with Crippen LogP contribution in [0.3, 0.4) is 0 Å². The molecule has 7 heteroatoms. The Hall–Kier alpha value is -3.09. The third-order valence-corrected chi connectivity index (χ3v) is 2.99. The van der Waals surface area contributed by atoms with Gasteiger partial charge in [-0.05, 0) is 44.5 Å². The predicted molar refractivity (Wildman–Crippen MR) is 90.9 cm³/mol. The van der Waals surface area contributed by atoms with E-state index in [0.717, 1.165) is 0 Å². The van der Waals surface area contributed by atoms with Crippen LogP contribution in [0.1, 0.15) is 31.1 Å². The summed E-state index contributed by atoms with van der Waals surface area (Å²) in [6.45, 7) is 5.32. The first-order valence-corrected chi connectivity index (χ1v) is 7.25. The minimum atomic E-state index is -1.15. The van der Waals surface area contributed by atoms with Crippen LogP contribution in [-0.4, -0.2) is 27.8 Å². The van der Waals surface area contributed by atoms with Gasteiger partial charge in [0.15, 0.2) is 0 Å². The first kappa shape index (κ1) is 17.3. The molecular formula is C17H19N3O4. The van der Waals surface area contributed by atoms with Crippen LogP contribution in [-0.2, 0) is 4.74 Å². The Labute approximate surface area is 139 Å². The number of nitrogens with one attached hydrogen (secondary N) is 1. The van der Waals surface area contributed by atoms with Crippen LogP contribution >= 0.6 is 0 Å². The topological polar surface area (TPSA) is 115 Å². The SMILES string of the molecule is CC(C)(C)OC(=O)Nc1cccc(-c2cnc(N)c(C(=O)O)c2)c1. The number of pyridine rings is 1.